The van der Waals surface area contributed by atoms with Crippen LogP contribution in [0.2, 0.25) is 0 Å². The predicted octanol–water partition coefficient (Wildman–Crippen LogP) is 2.47. The summed E-state index contributed by atoms with van der Waals surface area (Å²) in [5, 5.41) is 0. The van der Waals surface area contributed by atoms with E-state index in [1.807, 2.05) is 20.8 Å². The molecule has 45 heavy (non-hydrogen) atoms. The summed E-state index contributed by atoms with van der Waals surface area (Å²) in [6.45, 7) is 17.4. The number of halogens is 1. The smallest absolute Gasteiger partial charge is 0.410 e. The van der Waals surface area contributed by atoms with Gasteiger partial charge in [0, 0.05) is 18.0 Å². The molecule has 0 rings (SSSR count). The predicted molar refractivity (Wildman–Crippen MR) is 177 cm³/mol. The third-order valence-electron chi connectivity index (χ3n) is 5.22. The van der Waals surface area contributed by atoms with Crippen LogP contribution in [0.4, 0.5) is 4.79 Å². The number of rotatable bonds is 35. The van der Waals surface area contributed by atoms with Crippen molar-refractivity contribution in [3.05, 3.63) is 0 Å². The molecule has 0 N–H and O–H groups in total. The number of alkyl halides is 1. The van der Waals surface area contributed by atoms with Crippen LogP contribution in [-0.4, -0.2) is 180 Å². The molecule has 15 heteroatoms. The summed E-state index contributed by atoms with van der Waals surface area (Å²) in [5.41, 5.74) is -0.508. The van der Waals surface area contributed by atoms with Gasteiger partial charge in [-0.2, -0.15) is 0 Å². The lowest BCUT2D eigenvalue weighted by Gasteiger charge is -2.24. The first-order valence-electron chi connectivity index (χ1n) is 15.7. The van der Waals surface area contributed by atoms with E-state index in [9.17, 15) is 4.79 Å². The van der Waals surface area contributed by atoms with E-state index in [1.165, 1.54) is 4.90 Å². The molecule has 14 nitrogen and oxygen atoms in total. The lowest BCUT2D eigenvalue weighted by atomic mass is 10.2. The molecule has 0 spiro atoms. The van der Waals surface area contributed by atoms with Crippen molar-refractivity contribution in [2.75, 3.05) is 163 Å². The average molecular weight is 770 g/mol. The molecule has 0 aromatic heterocycles. The fourth-order valence-corrected chi connectivity index (χ4v) is 3.30. The van der Waals surface area contributed by atoms with Crippen molar-refractivity contribution in [3.63, 3.8) is 0 Å². The van der Waals surface area contributed by atoms with Crippen LogP contribution in [-0.2, 0) is 56.8 Å². The summed E-state index contributed by atoms with van der Waals surface area (Å²) in [5.74, 6) is 0. The van der Waals surface area contributed by atoms with Crippen molar-refractivity contribution in [1.82, 2.24) is 4.90 Å². The third-order valence-corrected chi connectivity index (χ3v) is 5.66. The lowest BCUT2D eigenvalue weighted by molar-refractivity contribution is -0.0275. The highest BCUT2D eigenvalue weighted by Crippen LogP contribution is 2.08. The van der Waals surface area contributed by atoms with Crippen LogP contribution in [0.25, 0.3) is 0 Å². The van der Waals surface area contributed by atoms with Crippen LogP contribution >= 0.6 is 22.6 Å². The second-order valence-corrected chi connectivity index (χ2v) is 11.4. The Labute approximate surface area is 284 Å². The zero-order valence-corrected chi connectivity index (χ0v) is 30.3. The summed E-state index contributed by atoms with van der Waals surface area (Å²) in [6, 6.07) is 0. The summed E-state index contributed by atoms with van der Waals surface area (Å²) in [7, 11) is 1.68. The SMILES string of the molecule is CN(CCOCCOCCOCCOCCOCCOCCOCCOCCOCCOCCOCCI)C(=O)OC(C)(C)C. The number of amides is 1. The molecule has 0 heterocycles. The van der Waals surface area contributed by atoms with E-state index in [1.54, 1.807) is 7.05 Å². The van der Waals surface area contributed by atoms with Crippen LogP contribution in [0, 0.1) is 0 Å². The summed E-state index contributed by atoms with van der Waals surface area (Å²) < 4.78 is 66.2. The highest BCUT2D eigenvalue weighted by molar-refractivity contribution is 14.1. The summed E-state index contributed by atoms with van der Waals surface area (Å²) >= 11 is 2.28. The monoisotopic (exact) mass is 769 g/mol. The number of ether oxygens (including phenoxy) is 12. The van der Waals surface area contributed by atoms with Gasteiger partial charge in [-0.25, -0.2) is 4.79 Å². The van der Waals surface area contributed by atoms with Gasteiger partial charge in [0.2, 0.25) is 0 Å². The molecule has 1 amide bonds. The van der Waals surface area contributed by atoms with E-state index >= 15 is 0 Å². The molecule has 0 saturated carbocycles. The van der Waals surface area contributed by atoms with E-state index in [2.05, 4.69) is 22.6 Å². The van der Waals surface area contributed by atoms with Crippen molar-refractivity contribution >= 4 is 28.7 Å². The first-order valence-corrected chi connectivity index (χ1v) is 17.2. The molecule has 0 aromatic carbocycles. The molecule has 0 unspecified atom stereocenters. The Kier molecular flexibility index (Phi) is 34.5. The number of hydrogen-bond acceptors (Lipinski definition) is 13. The second-order valence-electron chi connectivity index (χ2n) is 10.3. The molecule has 0 radical (unpaired) electrons. The molecular weight excluding hydrogens is 709 g/mol. The van der Waals surface area contributed by atoms with Gasteiger partial charge in [-0.3, -0.25) is 0 Å². The Morgan fingerprint density at radius 1 is 0.444 bits per heavy atom. The van der Waals surface area contributed by atoms with Gasteiger partial charge in [0.25, 0.3) is 0 Å². The number of nitrogens with zero attached hydrogens (tertiary/aromatic N) is 1. The van der Waals surface area contributed by atoms with E-state index in [4.69, 9.17) is 56.8 Å². The van der Waals surface area contributed by atoms with E-state index in [0.29, 0.717) is 145 Å². The maximum Gasteiger partial charge on any atom is 0.410 e. The minimum Gasteiger partial charge on any atom is -0.444 e. The largest absolute Gasteiger partial charge is 0.444 e. The Balaban J connectivity index is 3.14. The van der Waals surface area contributed by atoms with Crippen molar-refractivity contribution in [3.8, 4) is 0 Å². The number of carbonyl (C=O) groups is 1. The van der Waals surface area contributed by atoms with Gasteiger partial charge in [0.05, 0.1) is 145 Å². The Morgan fingerprint density at radius 2 is 0.667 bits per heavy atom. The van der Waals surface area contributed by atoms with E-state index in [-0.39, 0.29) is 6.09 Å². The molecule has 270 valence electrons. The third kappa shape index (κ3) is 37.9. The number of carbonyl (C=O) groups excluding carboxylic acids is 1. The van der Waals surface area contributed by atoms with Crippen molar-refractivity contribution in [1.29, 1.82) is 0 Å². The Bertz CT molecular complexity index is 617. The topological polar surface area (TPSA) is 131 Å². The maximum absolute atomic E-state index is 11.8. The van der Waals surface area contributed by atoms with Gasteiger partial charge in [0.15, 0.2) is 0 Å². The molecular formula is C30H60INO13. The van der Waals surface area contributed by atoms with Gasteiger partial charge in [-0.05, 0) is 20.8 Å². The Hall–Kier alpha value is -0.440. The molecule has 0 atom stereocenters. The minimum atomic E-state index is -0.508. The minimum absolute atomic E-state index is 0.363. The molecule has 0 aliphatic carbocycles. The average Bonchev–Trinajstić information content (AvgIpc) is 3.00. The van der Waals surface area contributed by atoms with Gasteiger partial charge < -0.3 is 61.7 Å². The van der Waals surface area contributed by atoms with Crippen LogP contribution in [0.5, 0.6) is 0 Å². The zero-order chi connectivity index (χ0) is 33.1. The van der Waals surface area contributed by atoms with Crippen LogP contribution < -0.4 is 0 Å². The van der Waals surface area contributed by atoms with Crippen LogP contribution in [0.3, 0.4) is 0 Å². The molecule has 0 aliphatic rings. The molecule has 0 bridgehead atoms. The van der Waals surface area contributed by atoms with Crippen molar-refractivity contribution in [2.24, 2.45) is 0 Å². The van der Waals surface area contributed by atoms with Gasteiger partial charge in [-0.15, -0.1) is 0 Å². The van der Waals surface area contributed by atoms with Gasteiger partial charge in [0.1, 0.15) is 5.60 Å². The highest BCUT2D eigenvalue weighted by Gasteiger charge is 2.19. The standard InChI is InChI=1S/C30H60INO13/c1-30(2,3)45-29(33)32(4)6-8-35-10-12-37-14-16-39-18-20-41-22-24-43-26-28-44-27-25-42-23-21-40-19-17-38-15-13-36-11-9-34-7-5-31/h5-28H2,1-4H3. The van der Waals surface area contributed by atoms with Crippen LogP contribution in [0.15, 0.2) is 0 Å². The quantitative estimate of drug-likeness (QED) is 0.0532. The second kappa shape index (κ2) is 34.9. The summed E-state index contributed by atoms with van der Waals surface area (Å²) in [4.78, 5) is 13.3. The van der Waals surface area contributed by atoms with Crippen molar-refractivity contribution < 1.29 is 61.6 Å². The molecule has 0 saturated heterocycles. The molecule has 0 aliphatic heterocycles. The molecule has 0 fully saturated rings. The van der Waals surface area contributed by atoms with Gasteiger partial charge >= 0.3 is 6.09 Å². The fraction of sp³-hybridized carbons (Fsp3) is 0.967. The first-order chi connectivity index (χ1) is 21.9. The maximum atomic E-state index is 11.8. The zero-order valence-electron chi connectivity index (χ0n) is 28.1. The van der Waals surface area contributed by atoms with Crippen molar-refractivity contribution in [2.45, 2.75) is 26.4 Å². The molecule has 0 aromatic rings. The summed E-state index contributed by atoms with van der Waals surface area (Å²) in [6.07, 6.45) is -0.363. The van der Waals surface area contributed by atoms with E-state index < -0.39 is 5.60 Å². The first kappa shape index (κ1) is 44.6. The highest BCUT2D eigenvalue weighted by atomic mass is 127. The van der Waals surface area contributed by atoms with Gasteiger partial charge in [-0.1, -0.05) is 22.6 Å². The number of hydrogen-bond donors (Lipinski definition) is 0. The van der Waals surface area contributed by atoms with Crippen LogP contribution in [0.1, 0.15) is 20.8 Å². The number of likely N-dealkylation sites (N-methyl/N-ethyl adjacent to an activating group) is 1. The Morgan fingerprint density at radius 3 is 0.889 bits per heavy atom. The lowest BCUT2D eigenvalue weighted by Crippen LogP contribution is -2.36. The fourth-order valence-electron chi connectivity index (χ4n) is 2.99. The van der Waals surface area contributed by atoms with E-state index in [0.717, 1.165) is 11.0 Å². The normalized spacial score (nSPS) is 11.8.